The van der Waals surface area contributed by atoms with Crippen molar-refractivity contribution in [2.75, 3.05) is 19.1 Å². The number of aromatic nitrogens is 1. The van der Waals surface area contributed by atoms with Gasteiger partial charge in [0.15, 0.2) is 0 Å². The first kappa shape index (κ1) is 19.7. The fourth-order valence-corrected chi connectivity index (χ4v) is 3.43. The number of nitriles is 1. The molecule has 3 aromatic rings. The van der Waals surface area contributed by atoms with E-state index in [0.717, 1.165) is 32.9 Å². The summed E-state index contributed by atoms with van der Waals surface area (Å²) < 4.78 is 11.3. The monoisotopic (exact) mass is 437 g/mol. The van der Waals surface area contributed by atoms with E-state index in [1.807, 2.05) is 48.5 Å². The van der Waals surface area contributed by atoms with Crippen LogP contribution in [-0.2, 0) is 13.1 Å². The van der Waals surface area contributed by atoms with E-state index >= 15 is 0 Å². The minimum atomic E-state index is 0.518. The zero-order valence-electron chi connectivity index (χ0n) is 15.7. The molecule has 28 heavy (non-hydrogen) atoms. The van der Waals surface area contributed by atoms with Gasteiger partial charge in [-0.1, -0.05) is 24.3 Å². The second-order valence-corrected chi connectivity index (χ2v) is 7.05. The molecule has 0 saturated carbocycles. The van der Waals surface area contributed by atoms with Crippen LogP contribution in [0.1, 0.15) is 16.7 Å². The van der Waals surface area contributed by atoms with Crippen molar-refractivity contribution in [3.63, 3.8) is 0 Å². The smallest absolute Gasteiger partial charge is 0.143 e. The number of methoxy groups -OCH3 is 2. The standard InChI is InChI=1S/C22H20BrN3O2/c1-27-19-7-3-16(4-8-19)14-26(15-17-5-9-20(28-2)10-6-17)22-21(23)11-18(12-24)13-25-22/h3-11,13H,14-15H2,1-2H3. The van der Waals surface area contributed by atoms with E-state index in [9.17, 15) is 0 Å². The number of rotatable bonds is 7. The molecule has 1 heterocycles. The molecule has 0 saturated heterocycles. The van der Waals surface area contributed by atoms with Gasteiger partial charge in [-0.05, 0) is 57.4 Å². The molecule has 0 aliphatic rings. The molecule has 0 bridgehead atoms. The van der Waals surface area contributed by atoms with Crippen LogP contribution in [0.5, 0.6) is 11.5 Å². The van der Waals surface area contributed by atoms with Crippen LogP contribution in [0.4, 0.5) is 5.82 Å². The first-order valence-corrected chi connectivity index (χ1v) is 9.48. The molecule has 5 nitrogen and oxygen atoms in total. The van der Waals surface area contributed by atoms with Gasteiger partial charge in [-0.15, -0.1) is 0 Å². The first-order valence-electron chi connectivity index (χ1n) is 8.69. The van der Waals surface area contributed by atoms with Crippen molar-refractivity contribution in [1.29, 1.82) is 5.26 Å². The van der Waals surface area contributed by atoms with Gasteiger partial charge < -0.3 is 14.4 Å². The maximum atomic E-state index is 9.11. The highest BCUT2D eigenvalue weighted by molar-refractivity contribution is 9.10. The van der Waals surface area contributed by atoms with E-state index in [1.165, 1.54) is 0 Å². The highest BCUT2D eigenvalue weighted by Gasteiger charge is 2.14. The lowest BCUT2D eigenvalue weighted by molar-refractivity contribution is 0.414. The lowest BCUT2D eigenvalue weighted by Gasteiger charge is -2.25. The minimum absolute atomic E-state index is 0.518. The van der Waals surface area contributed by atoms with Gasteiger partial charge in [0.25, 0.3) is 0 Å². The molecule has 2 aromatic carbocycles. The number of hydrogen-bond donors (Lipinski definition) is 0. The third-order valence-electron chi connectivity index (χ3n) is 4.32. The molecular formula is C22H20BrN3O2. The molecule has 0 unspecified atom stereocenters. The lowest BCUT2D eigenvalue weighted by atomic mass is 10.1. The van der Waals surface area contributed by atoms with Crippen LogP contribution in [0.15, 0.2) is 65.3 Å². The van der Waals surface area contributed by atoms with E-state index in [1.54, 1.807) is 26.5 Å². The predicted octanol–water partition coefficient (Wildman–Crippen LogP) is 4.94. The molecule has 0 aliphatic carbocycles. The average molecular weight is 438 g/mol. The second kappa shape index (κ2) is 9.25. The molecule has 3 rings (SSSR count). The predicted molar refractivity (Wildman–Crippen MR) is 113 cm³/mol. The highest BCUT2D eigenvalue weighted by Crippen LogP contribution is 2.28. The molecule has 0 amide bonds. The zero-order chi connectivity index (χ0) is 19.9. The molecule has 0 atom stereocenters. The molecule has 0 aliphatic heterocycles. The Labute approximate surface area is 173 Å². The number of nitrogens with zero attached hydrogens (tertiary/aromatic N) is 3. The van der Waals surface area contributed by atoms with Crippen LogP contribution in [0.3, 0.4) is 0 Å². The van der Waals surface area contributed by atoms with Gasteiger partial charge in [0.2, 0.25) is 0 Å². The van der Waals surface area contributed by atoms with Crippen LogP contribution in [0, 0.1) is 11.3 Å². The fraction of sp³-hybridized carbons (Fsp3) is 0.182. The van der Waals surface area contributed by atoms with E-state index in [4.69, 9.17) is 14.7 Å². The normalized spacial score (nSPS) is 10.2. The number of hydrogen-bond acceptors (Lipinski definition) is 5. The Balaban J connectivity index is 1.91. The molecule has 0 radical (unpaired) electrons. The zero-order valence-corrected chi connectivity index (χ0v) is 17.3. The number of anilines is 1. The quantitative estimate of drug-likeness (QED) is 0.523. The highest BCUT2D eigenvalue weighted by atomic mass is 79.9. The van der Waals surface area contributed by atoms with Gasteiger partial charge in [0, 0.05) is 19.3 Å². The summed E-state index contributed by atoms with van der Waals surface area (Å²) >= 11 is 3.57. The first-order chi connectivity index (χ1) is 13.6. The van der Waals surface area contributed by atoms with Gasteiger partial charge in [-0.3, -0.25) is 0 Å². The summed E-state index contributed by atoms with van der Waals surface area (Å²) in [7, 11) is 3.31. The summed E-state index contributed by atoms with van der Waals surface area (Å²) in [5.41, 5.74) is 2.78. The largest absolute Gasteiger partial charge is 0.497 e. The maximum absolute atomic E-state index is 9.11. The summed E-state index contributed by atoms with van der Waals surface area (Å²) in [6, 6.07) is 19.9. The maximum Gasteiger partial charge on any atom is 0.143 e. The number of ether oxygens (including phenoxy) is 2. The Morgan fingerprint density at radius 2 is 1.43 bits per heavy atom. The van der Waals surface area contributed by atoms with Crippen molar-refractivity contribution >= 4 is 21.7 Å². The molecule has 142 valence electrons. The third kappa shape index (κ3) is 4.81. The van der Waals surface area contributed by atoms with Crippen molar-refractivity contribution in [1.82, 2.24) is 4.98 Å². The lowest BCUT2D eigenvalue weighted by Crippen LogP contribution is -2.23. The Bertz CT molecular complexity index is 917. The van der Waals surface area contributed by atoms with Crippen LogP contribution < -0.4 is 14.4 Å². The molecule has 0 N–H and O–H groups in total. The van der Waals surface area contributed by atoms with E-state index in [0.29, 0.717) is 18.7 Å². The minimum Gasteiger partial charge on any atom is -0.497 e. The summed E-state index contributed by atoms with van der Waals surface area (Å²) in [4.78, 5) is 6.68. The number of benzene rings is 2. The van der Waals surface area contributed by atoms with E-state index in [2.05, 4.69) is 31.9 Å². The molecule has 0 fully saturated rings. The number of pyridine rings is 1. The van der Waals surface area contributed by atoms with Crippen molar-refractivity contribution in [2.24, 2.45) is 0 Å². The van der Waals surface area contributed by atoms with Gasteiger partial charge in [0.1, 0.15) is 23.4 Å². The van der Waals surface area contributed by atoms with Crippen molar-refractivity contribution < 1.29 is 9.47 Å². The molecule has 1 aromatic heterocycles. The summed E-state index contributed by atoms with van der Waals surface area (Å²) in [5.74, 6) is 2.43. The van der Waals surface area contributed by atoms with Crippen LogP contribution in [0.25, 0.3) is 0 Å². The Morgan fingerprint density at radius 3 is 1.82 bits per heavy atom. The Morgan fingerprint density at radius 1 is 0.929 bits per heavy atom. The Hall–Kier alpha value is -3.04. The fourth-order valence-electron chi connectivity index (χ4n) is 2.83. The van der Waals surface area contributed by atoms with Crippen LogP contribution in [-0.4, -0.2) is 19.2 Å². The van der Waals surface area contributed by atoms with Gasteiger partial charge in [-0.2, -0.15) is 5.26 Å². The Kier molecular flexibility index (Phi) is 6.51. The summed E-state index contributed by atoms with van der Waals surface area (Å²) in [5, 5.41) is 9.11. The number of halogens is 1. The van der Waals surface area contributed by atoms with Crippen molar-refractivity contribution in [2.45, 2.75) is 13.1 Å². The van der Waals surface area contributed by atoms with Crippen molar-refractivity contribution in [3.8, 4) is 17.6 Å². The molecule has 0 spiro atoms. The van der Waals surface area contributed by atoms with Gasteiger partial charge in [0.05, 0.1) is 24.3 Å². The van der Waals surface area contributed by atoms with E-state index in [-0.39, 0.29) is 0 Å². The van der Waals surface area contributed by atoms with Crippen LogP contribution >= 0.6 is 15.9 Å². The molecular weight excluding hydrogens is 418 g/mol. The van der Waals surface area contributed by atoms with Crippen molar-refractivity contribution in [3.05, 3.63) is 82.0 Å². The third-order valence-corrected chi connectivity index (χ3v) is 4.90. The summed E-state index contributed by atoms with van der Waals surface area (Å²) in [6.07, 6.45) is 1.59. The van der Waals surface area contributed by atoms with Crippen LogP contribution in [0.2, 0.25) is 0 Å². The average Bonchev–Trinajstić information content (AvgIpc) is 2.74. The van der Waals surface area contributed by atoms with Gasteiger partial charge in [-0.25, -0.2) is 4.98 Å². The summed E-state index contributed by atoms with van der Waals surface area (Å²) in [6.45, 7) is 1.32. The molecule has 6 heteroatoms. The van der Waals surface area contributed by atoms with E-state index < -0.39 is 0 Å². The second-order valence-electron chi connectivity index (χ2n) is 6.19. The van der Waals surface area contributed by atoms with Gasteiger partial charge >= 0.3 is 0 Å². The topological polar surface area (TPSA) is 58.4 Å². The SMILES string of the molecule is COc1ccc(CN(Cc2ccc(OC)cc2)c2ncc(C#N)cc2Br)cc1.